The van der Waals surface area contributed by atoms with Crippen LogP contribution in [0.4, 0.5) is 16.2 Å². The van der Waals surface area contributed by atoms with E-state index in [9.17, 15) is 25.0 Å². The summed E-state index contributed by atoms with van der Waals surface area (Å²) in [7, 11) is 0. The van der Waals surface area contributed by atoms with Gasteiger partial charge in [0.15, 0.2) is 0 Å². The molecule has 0 aliphatic rings. The fraction of sp³-hybridized carbons (Fsp3) is 0.269. The average molecular weight is 525 g/mol. The van der Waals surface area contributed by atoms with Gasteiger partial charge in [-0.1, -0.05) is 41.9 Å². The van der Waals surface area contributed by atoms with Gasteiger partial charge in [-0.25, -0.2) is 9.59 Å². The van der Waals surface area contributed by atoms with Crippen molar-refractivity contribution in [3.8, 4) is 17.2 Å². The van der Waals surface area contributed by atoms with Crippen molar-refractivity contribution in [2.75, 3.05) is 11.5 Å². The van der Waals surface area contributed by atoms with Gasteiger partial charge in [-0.05, 0) is 44.9 Å². The second kappa shape index (κ2) is 11.1. The summed E-state index contributed by atoms with van der Waals surface area (Å²) in [6.45, 7) is 6.49. The number of nitro groups is 1. The van der Waals surface area contributed by atoms with Crippen LogP contribution in [0, 0.1) is 21.4 Å². The van der Waals surface area contributed by atoms with Gasteiger partial charge in [0.05, 0.1) is 28.7 Å². The first-order valence-electron chi connectivity index (χ1n) is 11.3. The first-order valence-corrected chi connectivity index (χ1v) is 11.7. The average Bonchev–Trinajstić information content (AvgIpc) is 3.21. The molecule has 11 heteroatoms. The Labute approximate surface area is 218 Å². The standard InChI is InChI=1S/C26H25ClN4O6/c1-5-36-24(32)18-7-6-8-21(31(34)35)23(18)30(25(33)37-26(2,3)4)15-16-9-11-17(12-10-16)22-19(27)14-29-20(22)13-28/h6-12,14,29H,5,15H2,1-4H3. The molecular formula is C26H25ClN4O6. The number of hydrogen-bond donors (Lipinski definition) is 1. The van der Waals surface area contributed by atoms with E-state index in [0.29, 0.717) is 27.4 Å². The summed E-state index contributed by atoms with van der Waals surface area (Å²) in [6.07, 6.45) is 0.635. The van der Waals surface area contributed by atoms with Crippen LogP contribution in [0.3, 0.4) is 0 Å². The van der Waals surface area contributed by atoms with Crippen molar-refractivity contribution < 1.29 is 24.0 Å². The molecule has 1 aromatic heterocycles. The number of aromatic nitrogens is 1. The Morgan fingerprint density at radius 2 is 1.86 bits per heavy atom. The number of benzene rings is 2. The molecule has 0 radical (unpaired) electrons. The molecule has 1 amide bonds. The first-order chi connectivity index (χ1) is 17.5. The smallest absolute Gasteiger partial charge is 0.415 e. The van der Waals surface area contributed by atoms with Crippen LogP contribution < -0.4 is 4.90 Å². The summed E-state index contributed by atoms with van der Waals surface area (Å²) in [4.78, 5) is 41.1. The molecule has 0 fully saturated rings. The number of halogens is 1. The van der Waals surface area contributed by atoms with Crippen molar-refractivity contribution in [3.63, 3.8) is 0 Å². The number of rotatable bonds is 7. The summed E-state index contributed by atoms with van der Waals surface area (Å²) < 4.78 is 10.6. The van der Waals surface area contributed by atoms with Crippen molar-refractivity contribution in [2.45, 2.75) is 39.8 Å². The van der Waals surface area contributed by atoms with E-state index in [1.54, 1.807) is 52.0 Å². The van der Waals surface area contributed by atoms with Crippen LogP contribution in [0.25, 0.3) is 11.1 Å². The van der Waals surface area contributed by atoms with E-state index in [4.69, 9.17) is 21.1 Å². The molecule has 3 aromatic rings. The van der Waals surface area contributed by atoms with E-state index >= 15 is 0 Å². The lowest BCUT2D eigenvalue weighted by Crippen LogP contribution is -2.37. The Hall–Kier alpha value is -4.36. The van der Waals surface area contributed by atoms with Crippen LogP contribution in [0.5, 0.6) is 0 Å². The predicted molar refractivity (Wildman–Crippen MR) is 137 cm³/mol. The minimum absolute atomic E-state index is 0.0429. The minimum atomic E-state index is -0.911. The lowest BCUT2D eigenvalue weighted by Gasteiger charge is -2.28. The maximum atomic E-state index is 13.3. The first kappa shape index (κ1) is 27.2. The second-order valence-electron chi connectivity index (χ2n) is 8.91. The number of carbonyl (C=O) groups is 2. The number of ether oxygens (including phenoxy) is 2. The van der Waals surface area contributed by atoms with E-state index < -0.39 is 28.3 Å². The molecule has 0 unspecified atom stereocenters. The van der Waals surface area contributed by atoms with Crippen LogP contribution in [0.15, 0.2) is 48.7 Å². The predicted octanol–water partition coefficient (Wildman–Crippen LogP) is 6.23. The number of carbonyl (C=O) groups excluding carboxylic acids is 2. The number of nitrogens with one attached hydrogen (secondary N) is 1. The molecule has 0 spiro atoms. The van der Waals surface area contributed by atoms with Crippen LogP contribution >= 0.6 is 11.6 Å². The highest BCUT2D eigenvalue weighted by Gasteiger charge is 2.33. The van der Waals surface area contributed by atoms with Crippen LogP contribution in [-0.2, 0) is 16.0 Å². The molecule has 192 valence electrons. The van der Waals surface area contributed by atoms with E-state index in [-0.39, 0.29) is 24.4 Å². The molecule has 0 atom stereocenters. The van der Waals surface area contributed by atoms with Crippen molar-refractivity contribution in [1.82, 2.24) is 4.98 Å². The Morgan fingerprint density at radius 3 is 2.43 bits per heavy atom. The molecule has 2 aromatic carbocycles. The number of amides is 1. The molecule has 0 bridgehead atoms. The van der Waals surface area contributed by atoms with Gasteiger partial charge < -0.3 is 14.5 Å². The van der Waals surface area contributed by atoms with Gasteiger partial charge in [-0.2, -0.15) is 5.26 Å². The van der Waals surface area contributed by atoms with Crippen LogP contribution in [-0.4, -0.2) is 34.2 Å². The van der Waals surface area contributed by atoms with E-state index in [2.05, 4.69) is 4.98 Å². The molecule has 3 rings (SSSR count). The molecule has 0 saturated heterocycles. The van der Waals surface area contributed by atoms with Gasteiger partial charge in [0, 0.05) is 17.8 Å². The summed E-state index contributed by atoms with van der Waals surface area (Å²) >= 11 is 6.23. The quantitative estimate of drug-likeness (QED) is 0.219. The Bertz CT molecular complexity index is 1370. The SMILES string of the molecule is CCOC(=O)c1cccc([N+](=O)[O-])c1N(Cc1ccc(-c2c(Cl)c[nH]c2C#N)cc1)C(=O)OC(C)(C)C. The zero-order valence-corrected chi connectivity index (χ0v) is 21.5. The third kappa shape index (κ3) is 6.26. The monoisotopic (exact) mass is 524 g/mol. The number of nitrogens with zero attached hydrogens (tertiary/aromatic N) is 3. The van der Waals surface area contributed by atoms with Crippen molar-refractivity contribution >= 4 is 35.0 Å². The Kier molecular flexibility index (Phi) is 8.20. The molecular weight excluding hydrogens is 500 g/mol. The van der Waals surface area contributed by atoms with Crippen molar-refractivity contribution in [1.29, 1.82) is 5.26 Å². The van der Waals surface area contributed by atoms with Crippen LogP contribution in [0.2, 0.25) is 5.02 Å². The number of hydrogen-bond acceptors (Lipinski definition) is 7. The van der Waals surface area contributed by atoms with Crippen molar-refractivity contribution in [3.05, 3.63) is 80.6 Å². The number of nitriles is 1. The highest BCUT2D eigenvalue weighted by molar-refractivity contribution is 6.33. The van der Waals surface area contributed by atoms with Gasteiger partial charge in [0.25, 0.3) is 5.69 Å². The molecule has 1 N–H and O–H groups in total. The Morgan fingerprint density at radius 1 is 1.19 bits per heavy atom. The Balaban J connectivity index is 2.11. The number of esters is 1. The molecule has 37 heavy (non-hydrogen) atoms. The number of para-hydroxylation sites is 1. The highest BCUT2D eigenvalue weighted by atomic mass is 35.5. The molecule has 10 nitrogen and oxygen atoms in total. The van der Waals surface area contributed by atoms with Gasteiger partial charge >= 0.3 is 12.1 Å². The van der Waals surface area contributed by atoms with Gasteiger partial charge in [-0.3, -0.25) is 15.0 Å². The summed E-state index contributed by atoms with van der Waals surface area (Å²) in [5.41, 5.74) is 0.328. The summed E-state index contributed by atoms with van der Waals surface area (Å²) in [5.74, 6) is -0.809. The number of H-pyrrole nitrogens is 1. The molecule has 0 aliphatic carbocycles. The highest BCUT2D eigenvalue weighted by Crippen LogP contribution is 2.36. The topological polar surface area (TPSA) is 139 Å². The van der Waals surface area contributed by atoms with Crippen molar-refractivity contribution in [2.24, 2.45) is 0 Å². The van der Waals surface area contributed by atoms with Gasteiger partial charge in [-0.15, -0.1) is 0 Å². The maximum Gasteiger partial charge on any atom is 0.415 e. The fourth-order valence-corrected chi connectivity index (χ4v) is 3.88. The number of anilines is 1. The largest absolute Gasteiger partial charge is 0.462 e. The third-order valence-electron chi connectivity index (χ3n) is 5.12. The zero-order chi connectivity index (χ0) is 27.3. The molecule has 0 aliphatic heterocycles. The number of nitro benzene ring substituents is 1. The van der Waals surface area contributed by atoms with Gasteiger partial charge in [0.1, 0.15) is 23.1 Å². The van der Waals surface area contributed by atoms with E-state index in [1.165, 1.54) is 24.4 Å². The second-order valence-corrected chi connectivity index (χ2v) is 9.32. The minimum Gasteiger partial charge on any atom is -0.462 e. The van der Waals surface area contributed by atoms with Crippen LogP contribution in [0.1, 0.15) is 49.3 Å². The lowest BCUT2D eigenvalue weighted by molar-refractivity contribution is -0.384. The summed E-state index contributed by atoms with van der Waals surface area (Å²) in [6, 6.07) is 12.8. The third-order valence-corrected chi connectivity index (χ3v) is 5.42. The fourth-order valence-electron chi connectivity index (χ4n) is 3.62. The molecule has 0 saturated carbocycles. The molecule has 1 heterocycles. The lowest BCUT2D eigenvalue weighted by atomic mass is 10.0. The van der Waals surface area contributed by atoms with Gasteiger partial charge in [0.2, 0.25) is 0 Å². The maximum absolute atomic E-state index is 13.3. The normalized spacial score (nSPS) is 10.9. The van der Waals surface area contributed by atoms with E-state index in [0.717, 1.165) is 4.90 Å². The van der Waals surface area contributed by atoms with E-state index in [1.807, 2.05) is 6.07 Å². The number of aromatic amines is 1. The summed E-state index contributed by atoms with van der Waals surface area (Å²) in [5, 5.41) is 21.6. The zero-order valence-electron chi connectivity index (χ0n) is 20.7.